The first-order valence-corrected chi connectivity index (χ1v) is 11.2. The molecule has 0 radical (unpaired) electrons. The van der Waals surface area contributed by atoms with Crippen LogP contribution in [-0.4, -0.2) is 33.2 Å². The molecule has 1 heterocycles. The van der Waals surface area contributed by atoms with Crippen LogP contribution in [-0.2, 0) is 21.2 Å². The Kier molecular flexibility index (Phi) is 6.46. The summed E-state index contributed by atoms with van der Waals surface area (Å²) in [5, 5.41) is 3.39. The Morgan fingerprint density at radius 3 is 2.68 bits per heavy atom. The summed E-state index contributed by atoms with van der Waals surface area (Å²) < 4.78 is 31.9. The lowest BCUT2D eigenvalue weighted by Gasteiger charge is -2.30. The number of hydrogen-bond acceptors (Lipinski definition) is 4. The highest BCUT2D eigenvalue weighted by Gasteiger charge is 2.26. The number of sulfonamides is 1. The third-order valence-electron chi connectivity index (χ3n) is 4.42. The van der Waals surface area contributed by atoms with Gasteiger partial charge in [0.1, 0.15) is 5.75 Å². The number of benzene rings is 2. The van der Waals surface area contributed by atoms with Crippen LogP contribution >= 0.6 is 11.6 Å². The molecular formula is C20H23ClN2O4S. The van der Waals surface area contributed by atoms with Crippen molar-refractivity contribution in [3.8, 4) is 5.75 Å². The SMILES string of the molecule is CCCS(=O)(=O)N1CCCc2cc(NC(=O)COc3ccc(Cl)cc3)ccc21. The molecule has 0 aliphatic carbocycles. The zero-order valence-electron chi connectivity index (χ0n) is 15.7. The molecule has 6 nitrogen and oxygen atoms in total. The zero-order chi connectivity index (χ0) is 20.1. The number of rotatable bonds is 7. The number of nitrogens with zero attached hydrogens (tertiary/aromatic N) is 1. The molecule has 0 saturated carbocycles. The third kappa shape index (κ3) is 4.97. The largest absolute Gasteiger partial charge is 0.484 e. The zero-order valence-corrected chi connectivity index (χ0v) is 17.2. The first-order valence-electron chi connectivity index (χ1n) is 9.20. The highest BCUT2D eigenvalue weighted by atomic mass is 35.5. The van der Waals surface area contributed by atoms with E-state index >= 15 is 0 Å². The number of amides is 1. The van der Waals surface area contributed by atoms with Crippen molar-refractivity contribution in [2.75, 3.05) is 28.5 Å². The number of carbonyl (C=O) groups excluding carboxylic acids is 1. The summed E-state index contributed by atoms with van der Waals surface area (Å²) in [7, 11) is -3.31. The van der Waals surface area contributed by atoms with E-state index in [1.165, 1.54) is 4.31 Å². The summed E-state index contributed by atoms with van der Waals surface area (Å²) in [5.41, 5.74) is 2.25. The van der Waals surface area contributed by atoms with Crippen molar-refractivity contribution in [2.24, 2.45) is 0 Å². The van der Waals surface area contributed by atoms with Crippen LogP contribution in [0.15, 0.2) is 42.5 Å². The normalized spacial score (nSPS) is 13.7. The topological polar surface area (TPSA) is 75.7 Å². The second kappa shape index (κ2) is 8.84. The van der Waals surface area contributed by atoms with Gasteiger partial charge in [0.2, 0.25) is 10.0 Å². The van der Waals surface area contributed by atoms with Crippen LogP contribution < -0.4 is 14.4 Å². The Hall–Kier alpha value is -2.25. The number of fused-ring (bicyclic) bond motifs is 1. The van der Waals surface area contributed by atoms with Gasteiger partial charge in [-0.15, -0.1) is 0 Å². The molecule has 0 bridgehead atoms. The van der Waals surface area contributed by atoms with Gasteiger partial charge in [-0.2, -0.15) is 0 Å². The molecular weight excluding hydrogens is 400 g/mol. The highest BCUT2D eigenvalue weighted by molar-refractivity contribution is 7.92. The van der Waals surface area contributed by atoms with Crippen molar-refractivity contribution in [3.63, 3.8) is 0 Å². The maximum absolute atomic E-state index is 12.5. The standard InChI is InChI=1S/C20H23ClN2O4S/c1-2-12-28(25,26)23-11-3-4-15-13-17(7-10-19(15)23)22-20(24)14-27-18-8-5-16(21)6-9-18/h5-10,13H,2-4,11-12,14H2,1H3,(H,22,24). The minimum Gasteiger partial charge on any atom is -0.484 e. The molecule has 28 heavy (non-hydrogen) atoms. The van der Waals surface area contributed by atoms with Gasteiger partial charge in [-0.05, 0) is 67.3 Å². The summed E-state index contributed by atoms with van der Waals surface area (Å²) in [4.78, 5) is 12.2. The summed E-state index contributed by atoms with van der Waals surface area (Å²) in [5.74, 6) is 0.399. The van der Waals surface area contributed by atoms with Crippen LogP contribution in [0.2, 0.25) is 5.02 Å². The van der Waals surface area contributed by atoms with E-state index in [9.17, 15) is 13.2 Å². The fourth-order valence-corrected chi connectivity index (χ4v) is 4.92. The Balaban J connectivity index is 1.66. The first kappa shape index (κ1) is 20.5. The van der Waals surface area contributed by atoms with E-state index < -0.39 is 10.0 Å². The number of anilines is 2. The average Bonchev–Trinajstić information content (AvgIpc) is 2.67. The number of halogens is 1. The molecule has 1 aliphatic rings. The Labute approximate surface area is 170 Å². The molecule has 0 atom stereocenters. The minimum absolute atomic E-state index is 0.129. The first-order chi connectivity index (χ1) is 13.4. The molecule has 0 aromatic heterocycles. The van der Waals surface area contributed by atoms with E-state index in [-0.39, 0.29) is 18.3 Å². The van der Waals surface area contributed by atoms with Gasteiger partial charge < -0.3 is 10.1 Å². The van der Waals surface area contributed by atoms with E-state index in [1.54, 1.807) is 36.4 Å². The lowest BCUT2D eigenvalue weighted by molar-refractivity contribution is -0.118. The molecule has 150 valence electrons. The van der Waals surface area contributed by atoms with Gasteiger partial charge in [0.05, 0.1) is 11.4 Å². The fourth-order valence-electron chi connectivity index (χ4n) is 3.17. The van der Waals surface area contributed by atoms with Gasteiger partial charge in [0.25, 0.3) is 5.91 Å². The Morgan fingerprint density at radius 2 is 1.96 bits per heavy atom. The molecule has 1 N–H and O–H groups in total. The van der Waals surface area contributed by atoms with E-state index in [2.05, 4.69) is 5.32 Å². The minimum atomic E-state index is -3.31. The van der Waals surface area contributed by atoms with Crippen LogP contribution in [0.4, 0.5) is 11.4 Å². The predicted octanol–water partition coefficient (Wildman–Crippen LogP) is 3.85. The van der Waals surface area contributed by atoms with Crippen molar-refractivity contribution in [2.45, 2.75) is 26.2 Å². The van der Waals surface area contributed by atoms with Gasteiger partial charge in [0.15, 0.2) is 6.61 Å². The second-order valence-corrected chi connectivity index (χ2v) is 9.08. The molecule has 0 fully saturated rings. The fraction of sp³-hybridized carbons (Fsp3) is 0.350. The van der Waals surface area contributed by atoms with Crippen molar-refractivity contribution in [1.82, 2.24) is 0 Å². The molecule has 3 rings (SSSR count). The maximum Gasteiger partial charge on any atom is 0.262 e. The van der Waals surface area contributed by atoms with Crippen LogP contribution in [0, 0.1) is 0 Å². The lowest BCUT2D eigenvalue weighted by atomic mass is 10.0. The quantitative estimate of drug-likeness (QED) is 0.735. The molecule has 8 heteroatoms. The maximum atomic E-state index is 12.5. The van der Waals surface area contributed by atoms with E-state index in [1.807, 2.05) is 13.0 Å². The van der Waals surface area contributed by atoms with Gasteiger partial charge in [-0.3, -0.25) is 9.10 Å². The van der Waals surface area contributed by atoms with E-state index in [4.69, 9.17) is 16.3 Å². The molecule has 1 aliphatic heterocycles. The van der Waals surface area contributed by atoms with Gasteiger partial charge >= 0.3 is 0 Å². The number of nitrogens with one attached hydrogen (secondary N) is 1. The molecule has 0 unspecified atom stereocenters. The van der Waals surface area contributed by atoms with Crippen molar-refractivity contribution in [1.29, 1.82) is 0 Å². The molecule has 2 aromatic carbocycles. The van der Waals surface area contributed by atoms with E-state index in [0.717, 1.165) is 18.4 Å². The van der Waals surface area contributed by atoms with Crippen LogP contribution in [0.25, 0.3) is 0 Å². The predicted molar refractivity (Wildman–Crippen MR) is 112 cm³/mol. The molecule has 0 spiro atoms. The number of carbonyl (C=O) groups is 1. The summed E-state index contributed by atoms with van der Waals surface area (Å²) in [6, 6.07) is 12.1. The van der Waals surface area contributed by atoms with Crippen molar-refractivity contribution in [3.05, 3.63) is 53.1 Å². The molecule has 2 aromatic rings. The van der Waals surface area contributed by atoms with Crippen LogP contribution in [0.5, 0.6) is 5.75 Å². The summed E-state index contributed by atoms with van der Waals surface area (Å²) in [6.07, 6.45) is 2.11. The summed E-state index contributed by atoms with van der Waals surface area (Å²) in [6.45, 7) is 2.22. The second-order valence-electron chi connectivity index (χ2n) is 6.63. The number of hydrogen-bond donors (Lipinski definition) is 1. The Morgan fingerprint density at radius 1 is 1.21 bits per heavy atom. The van der Waals surface area contributed by atoms with Crippen LogP contribution in [0.3, 0.4) is 0 Å². The van der Waals surface area contributed by atoms with Gasteiger partial charge in [0, 0.05) is 17.3 Å². The summed E-state index contributed by atoms with van der Waals surface area (Å²) >= 11 is 5.82. The lowest BCUT2D eigenvalue weighted by Crippen LogP contribution is -2.37. The highest BCUT2D eigenvalue weighted by Crippen LogP contribution is 2.32. The van der Waals surface area contributed by atoms with Crippen molar-refractivity contribution < 1.29 is 17.9 Å². The molecule has 0 saturated heterocycles. The average molecular weight is 423 g/mol. The Bertz CT molecular complexity index is 945. The third-order valence-corrected chi connectivity index (χ3v) is 6.65. The number of aryl methyl sites for hydroxylation is 1. The number of ether oxygens (including phenoxy) is 1. The monoisotopic (exact) mass is 422 g/mol. The molecule has 1 amide bonds. The van der Waals surface area contributed by atoms with Crippen LogP contribution in [0.1, 0.15) is 25.3 Å². The van der Waals surface area contributed by atoms with Gasteiger partial charge in [-0.25, -0.2) is 8.42 Å². The van der Waals surface area contributed by atoms with Gasteiger partial charge in [-0.1, -0.05) is 18.5 Å². The smallest absolute Gasteiger partial charge is 0.262 e. The van der Waals surface area contributed by atoms with E-state index in [0.29, 0.717) is 35.1 Å². The van der Waals surface area contributed by atoms with Crippen molar-refractivity contribution >= 4 is 38.9 Å².